The van der Waals surface area contributed by atoms with Gasteiger partial charge in [-0.1, -0.05) is 12.1 Å². The van der Waals surface area contributed by atoms with Gasteiger partial charge in [0.1, 0.15) is 0 Å². The summed E-state index contributed by atoms with van der Waals surface area (Å²) in [6, 6.07) is 1.25. The molecule has 3 N–H and O–H groups in total. The molecule has 0 aliphatic carbocycles. The summed E-state index contributed by atoms with van der Waals surface area (Å²) < 4.78 is 0. The van der Waals surface area contributed by atoms with Gasteiger partial charge in [0.25, 0.3) is 0 Å². The Hall–Kier alpha value is -2.38. The van der Waals surface area contributed by atoms with Gasteiger partial charge in [-0.25, -0.2) is 4.98 Å². The van der Waals surface area contributed by atoms with Crippen LogP contribution in [-0.4, -0.2) is 33.5 Å². The van der Waals surface area contributed by atoms with Crippen LogP contribution in [0.2, 0.25) is 0 Å². The molecule has 1 rings (SSSR count). The van der Waals surface area contributed by atoms with Gasteiger partial charge >= 0.3 is 5.69 Å². The number of anilines is 1. The standard InChI is InChI=1S/C12H19N5O3/c1-5-12(2,3)16(4)11-9(17(19)20)6-8(7-14-11)10(13)15-18/h6-7,18H,5H2,1-4H3,(H2,13,15). The maximum absolute atomic E-state index is 11.2. The van der Waals surface area contributed by atoms with E-state index in [0.717, 1.165) is 6.42 Å². The van der Waals surface area contributed by atoms with E-state index in [-0.39, 0.29) is 28.4 Å². The van der Waals surface area contributed by atoms with Crippen molar-refractivity contribution in [2.75, 3.05) is 11.9 Å². The lowest BCUT2D eigenvalue weighted by molar-refractivity contribution is -0.384. The van der Waals surface area contributed by atoms with E-state index in [4.69, 9.17) is 10.9 Å². The molecular formula is C12H19N5O3. The van der Waals surface area contributed by atoms with E-state index in [0.29, 0.717) is 0 Å². The van der Waals surface area contributed by atoms with Gasteiger partial charge in [0.05, 0.1) is 4.92 Å². The predicted molar refractivity (Wildman–Crippen MR) is 76.2 cm³/mol. The number of pyridine rings is 1. The minimum Gasteiger partial charge on any atom is -0.409 e. The number of nitrogens with zero attached hydrogens (tertiary/aromatic N) is 4. The zero-order chi connectivity index (χ0) is 15.5. The topological polar surface area (TPSA) is 118 Å². The number of aromatic nitrogens is 1. The molecule has 0 radical (unpaired) electrons. The molecule has 0 amide bonds. The van der Waals surface area contributed by atoms with Crippen LogP contribution in [0.5, 0.6) is 0 Å². The minimum absolute atomic E-state index is 0.182. The molecule has 8 heteroatoms. The van der Waals surface area contributed by atoms with Gasteiger partial charge in [0.15, 0.2) is 5.84 Å². The van der Waals surface area contributed by atoms with Crippen LogP contribution in [0.15, 0.2) is 17.4 Å². The molecule has 0 saturated carbocycles. The second-order valence-electron chi connectivity index (χ2n) is 5.03. The third kappa shape index (κ3) is 2.95. The van der Waals surface area contributed by atoms with Crippen molar-refractivity contribution in [3.8, 4) is 0 Å². The van der Waals surface area contributed by atoms with E-state index in [1.165, 1.54) is 12.3 Å². The van der Waals surface area contributed by atoms with Gasteiger partial charge in [0, 0.05) is 30.4 Å². The summed E-state index contributed by atoms with van der Waals surface area (Å²) in [5.41, 5.74) is 5.16. The van der Waals surface area contributed by atoms with Crippen LogP contribution in [0.1, 0.15) is 32.8 Å². The first-order valence-corrected chi connectivity index (χ1v) is 6.10. The van der Waals surface area contributed by atoms with Crippen molar-refractivity contribution in [1.82, 2.24) is 4.98 Å². The second kappa shape index (κ2) is 5.72. The monoisotopic (exact) mass is 281 g/mol. The molecule has 0 saturated heterocycles. The summed E-state index contributed by atoms with van der Waals surface area (Å²) in [5, 5.41) is 22.6. The van der Waals surface area contributed by atoms with Gasteiger partial charge in [0.2, 0.25) is 5.82 Å². The second-order valence-corrected chi connectivity index (χ2v) is 5.03. The Kier molecular flexibility index (Phi) is 4.49. The van der Waals surface area contributed by atoms with Gasteiger partial charge < -0.3 is 15.8 Å². The van der Waals surface area contributed by atoms with E-state index in [9.17, 15) is 10.1 Å². The van der Waals surface area contributed by atoms with Crippen LogP contribution in [0.3, 0.4) is 0 Å². The SMILES string of the molecule is CCC(C)(C)N(C)c1ncc(C(N)=NO)cc1[N+](=O)[O-]. The quantitative estimate of drug-likeness (QED) is 0.279. The van der Waals surface area contributed by atoms with Crippen molar-refractivity contribution in [3.05, 3.63) is 27.9 Å². The van der Waals surface area contributed by atoms with E-state index < -0.39 is 4.92 Å². The Balaban J connectivity index is 3.38. The fourth-order valence-electron chi connectivity index (χ4n) is 1.56. The minimum atomic E-state index is -0.529. The highest BCUT2D eigenvalue weighted by Crippen LogP contribution is 2.31. The molecule has 0 aliphatic heterocycles. The zero-order valence-corrected chi connectivity index (χ0v) is 12.0. The molecule has 0 spiro atoms. The molecule has 0 bridgehead atoms. The van der Waals surface area contributed by atoms with Crippen molar-refractivity contribution < 1.29 is 10.1 Å². The molecule has 1 aromatic rings. The first-order chi connectivity index (χ1) is 9.24. The van der Waals surface area contributed by atoms with Crippen LogP contribution >= 0.6 is 0 Å². The van der Waals surface area contributed by atoms with Crippen LogP contribution in [0.4, 0.5) is 11.5 Å². The lowest BCUT2D eigenvalue weighted by Gasteiger charge is -2.35. The number of oxime groups is 1. The van der Waals surface area contributed by atoms with Crippen molar-refractivity contribution in [3.63, 3.8) is 0 Å². The summed E-state index contributed by atoms with van der Waals surface area (Å²) >= 11 is 0. The molecule has 0 aliphatic rings. The average molecular weight is 281 g/mol. The first-order valence-electron chi connectivity index (χ1n) is 6.10. The number of rotatable bonds is 5. The van der Waals surface area contributed by atoms with Crippen molar-refractivity contribution in [2.45, 2.75) is 32.7 Å². The fraction of sp³-hybridized carbons (Fsp3) is 0.500. The predicted octanol–water partition coefficient (Wildman–Crippen LogP) is 1.71. The highest BCUT2D eigenvalue weighted by Gasteiger charge is 2.29. The lowest BCUT2D eigenvalue weighted by Crippen LogP contribution is -2.41. The molecule has 110 valence electrons. The summed E-state index contributed by atoms with van der Waals surface area (Å²) in [7, 11) is 1.75. The molecule has 8 nitrogen and oxygen atoms in total. The Morgan fingerprint density at radius 2 is 2.25 bits per heavy atom. The molecule has 20 heavy (non-hydrogen) atoms. The number of hydrogen-bond acceptors (Lipinski definition) is 6. The third-order valence-corrected chi connectivity index (χ3v) is 3.54. The van der Waals surface area contributed by atoms with Crippen LogP contribution < -0.4 is 10.6 Å². The maximum Gasteiger partial charge on any atom is 0.312 e. The number of nitrogens with two attached hydrogens (primary N) is 1. The number of amidine groups is 1. The first kappa shape index (κ1) is 15.7. The Morgan fingerprint density at radius 1 is 1.65 bits per heavy atom. The summed E-state index contributed by atoms with van der Waals surface area (Å²) in [6.45, 7) is 5.93. The van der Waals surface area contributed by atoms with Gasteiger partial charge in [-0.3, -0.25) is 10.1 Å². The highest BCUT2D eigenvalue weighted by atomic mass is 16.6. The van der Waals surface area contributed by atoms with Gasteiger partial charge in [-0.2, -0.15) is 0 Å². The zero-order valence-electron chi connectivity index (χ0n) is 12.0. The number of hydrogen-bond donors (Lipinski definition) is 2. The van der Waals surface area contributed by atoms with E-state index in [1.807, 2.05) is 20.8 Å². The van der Waals surface area contributed by atoms with Crippen molar-refractivity contribution in [2.24, 2.45) is 10.9 Å². The molecule has 0 aromatic carbocycles. The summed E-state index contributed by atoms with van der Waals surface area (Å²) in [5.74, 6) is 0.0286. The van der Waals surface area contributed by atoms with E-state index >= 15 is 0 Å². The molecule has 0 unspecified atom stereocenters. The van der Waals surface area contributed by atoms with E-state index in [2.05, 4.69) is 10.1 Å². The van der Waals surface area contributed by atoms with Gasteiger partial charge in [-0.15, -0.1) is 0 Å². The molecule has 1 aromatic heterocycles. The Bertz CT molecular complexity index is 542. The van der Waals surface area contributed by atoms with Crippen LogP contribution in [0, 0.1) is 10.1 Å². The molecule has 0 fully saturated rings. The van der Waals surface area contributed by atoms with Crippen molar-refractivity contribution in [1.29, 1.82) is 0 Å². The van der Waals surface area contributed by atoms with Gasteiger partial charge in [-0.05, 0) is 20.3 Å². The number of nitro groups is 1. The third-order valence-electron chi connectivity index (χ3n) is 3.54. The fourth-order valence-corrected chi connectivity index (χ4v) is 1.56. The molecule has 1 heterocycles. The summed E-state index contributed by atoms with van der Waals surface area (Å²) in [6.07, 6.45) is 2.14. The Labute approximate surface area is 117 Å². The van der Waals surface area contributed by atoms with Crippen molar-refractivity contribution >= 4 is 17.3 Å². The Morgan fingerprint density at radius 3 is 2.70 bits per heavy atom. The lowest BCUT2D eigenvalue weighted by atomic mass is 10.00. The average Bonchev–Trinajstić information content (AvgIpc) is 2.44. The van der Waals surface area contributed by atoms with E-state index in [1.54, 1.807) is 11.9 Å². The van der Waals surface area contributed by atoms with Crippen LogP contribution in [-0.2, 0) is 0 Å². The maximum atomic E-state index is 11.2. The highest BCUT2D eigenvalue weighted by molar-refractivity contribution is 5.97. The molecule has 0 atom stereocenters. The normalized spacial score (nSPS) is 12.3. The molecular weight excluding hydrogens is 262 g/mol. The largest absolute Gasteiger partial charge is 0.409 e. The van der Waals surface area contributed by atoms with Crippen LogP contribution in [0.25, 0.3) is 0 Å². The summed E-state index contributed by atoms with van der Waals surface area (Å²) in [4.78, 5) is 16.5. The smallest absolute Gasteiger partial charge is 0.312 e.